The number of nitrogens with two attached hydrogens (primary N) is 1. The van der Waals surface area contributed by atoms with Crippen LogP contribution in [0.2, 0.25) is 0 Å². The van der Waals surface area contributed by atoms with Gasteiger partial charge in [0.05, 0.1) is 13.2 Å². The summed E-state index contributed by atoms with van der Waals surface area (Å²) in [7, 11) is -4.74. The maximum Gasteiger partial charge on any atom is 0.472 e. The highest BCUT2D eigenvalue weighted by molar-refractivity contribution is 7.47. The lowest BCUT2D eigenvalue weighted by Gasteiger charge is -2.20. The van der Waals surface area contributed by atoms with Gasteiger partial charge in [0.25, 0.3) is 0 Å². The lowest BCUT2D eigenvalue weighted by atomic mass is 10.1. The predicted molar refractivity (Wildman–Crippen MR) is 245 cm³/mol. The van der Waals surface area contributed by atoms with Gasteiger partial charge in [-0.1, -0.05) is 164 Å². The van der Waals surface area contributed by atoms with E-state index in [2.05, 4.69) is 67.0 Å². The van der Waals surface area contributed by atoms with Crippen molar-refractivity contribution in [2.24, 2.45) is 5.73 Å². The van der Waals surface area contributed by atoms with Gasteiger partial charge in [-0.25, -0.2) is 4.57 Å². The number of allylic oxidation sites excluding steroid dienone is 10. The Bertz CT molecular complexity index is 1250. The lowest BCUT2D eigenvalue weighted by molar-refractivity contribution is -0.161. The van der Waals surface area contributed by atoms with E-state index in [4.69, 9.17) is 24.8 Å². The highest BCUT2D eigenvalue weighted by Crippen LogP contribution is 2.43. The van der Waals surface area contributed by atoms with E-state index in [1.165, 1.54) is 89.9 Å². The minimum absolute atomic E-state index is 0.0819. The van der Waals surface area contributed by atoms with E-state index in [9.17, 15) is 23.8 Å². The number of ether oxygens (including phenoxy) is 2. The second-order valence-electron chi connectivity index (χ2n) is 15.5. The third-order valence-electron chi connectivity index (χ3n) is 9.74. The van der Waals surface area contributed by atoms with E-state index in [1.54, 1.807) is 0 Å². The molecule has 12 heteroatoms. The molecule has 0 bridgehead atoms. The van der Waals surface area contributed by atoms with E-state index < -0.39 is 51.1 Å². The zero-order chi connectivity index (χ0) is 44.2. The lowest BCUT2D eigenvalue weighted by Crippen LogP contribution is -2.34. The third kappa shape index (κ3) is 41.9. The SMILES string of the molecule is CCCCCCCC/C=C/CCCCCCCC(=O)OC[C@@H](COP(=O)(O)OC[C@H](N)C(=O)O)OC(=O)CCC/C=C/C/C=C/C/C=C/C/C=C/CCCCCCCCC. The Morgan fingerprint density at radius 3 is 1.38 bits per heavy atom. The van der Waals surface area contributed by atoms with Crippen molar-refractivity contribution < 1.29 is 47.5 Å². The quantitative estimate of drug-likeness (QED) is 0.0230. The standard InChI is InChI=1S/C48H84NO10P/c1-3-5-7-9-11-13-15-17-19-20-21-22-23-24-26-28-30-32-34-36-38-40-47(51)59-44(42-57-60(54,55)58-43-45(49)48(52)53)41-56-46(50)39-37-35-33-31-29-27-25-18-16-14-12-10-8-6-4-2/h18-20,22-23,25-26,28,32,34,44-45H,3-17,21,24,27,29-31,33,35-43,49H2,1-2H3,(H,52,53)(H,54,55)/b20-19+,23-22+,25-18+,28-26+,34-32+/t44-,45-/m0/s1. The van der Waals surface area contributed by atoms with Crippen molar-refractivity contribution in [2.75, 3.05) is 19.8 Å². The number of hydrogen-bond acceptors (Lipinski definition) is 9. The molecule has 0 aliphatic rings. The molecule has 3 atom stereocenters. The minimum Gasteiger partial charge on any atom is -0.480 e. The summed E-state index contributed by atoms with van der Waals surface area (Å²) in [5, 5.41) is 8.90. The van der Waals surface area contributed by atoms with Crippen LogP contribution in [0.3, 0.4) is 0 Å². The zero-order valence-electron chi connectivity index (χ0n) is 37.5. The van der Waals surface area contributed by atoms with Crippen LogP contribution in [0.15, 0.2) is 60.8 Å². The normalized spacial score (nSPS) is 14.2. The molecule has 1 unspecified atom stereocenters. The number of unbranched alkanes of at least 4 members (excludes halogenated alkanes) is 19. The van der Waals surface area contributed by atoms with Gasteiger partial charge in [-0.3, -0.25) is 23.4 Å². The fourth-order valence-corrected chi connectivity index (χ4v) is 6.83. The first-order valence-corrected chi connectivity index (χ1v) is 24.8. The Hall–Kier alpha value is -2.82. The predicted octanol–water partition coefficient (Wildman–Crippen LogP) is 12.7. The third-order valence-corrected chi connectivity index (χ3v) is 10.7. The van der Waals surface area contributed by atoms with Gasteiger partial charge >= 0.3 is 25.7 Å². The Labute approximate surface area is 364 Å². The highest BCUT2D eigenvalue weighted by Gasteiger charge is 2.28. The monoisotopic (exact) mass is 866 g/mol. The molecule has 0 radical (unpaired) electrons. The van der Waals surface area contributed by atoms with Crippen molar-refractivity contribution in [1.82, 2.24) is 0 Å². The second-order valence-corrected chi connectivity index (χ2v) is 17.0. The first-order chi connectivity index (χ1) is 29.1. The average molecular weight is 866 g/mol. The molecule has 0 rings (SSSR count). The maximum atomic E-state index is 12.6. The van der Waals surface area contributed by atoms with Crippen molar-refractivity contribution in [3.8, 4) is 0 Å². The summed E-state index contributed by atoms with van der Waals surface area (Å²) in [6.07, 6.45) is 50.1. The highest BCUT2D eigenvalue weighted by atomic mass is 31.2. The number of rotatable bonds is 43. The Kier molecular flexibility index (Phi) is 40.8. The van der Waals surface area contributed by atoms with Crippen LogP contribution in [0.1, 0.15) is 194 Å². The van der Waals surface area contributed by atoms with E-state index >= 15 is 0 Å². The summed E-state index contributed by atoms with van der Waals surface area (Å²) in [6, 6.07) is -1.53. The van der Waals surface area contributed by atoms with Crippen molar-refractivity contribution in [3.63, 3.8) is 0 Å². The minimum atomic E-state index is -4.74. The van der Waals surface area contributed by atoms with Crippen LogP contribution in [0.5, 0.6) is 0 Å². The number of esters is 2. The Morgan fingerprint density at radius 2 is 0.900 bits per heavy atom. The summed E-state index contributed by atoms with van der Waals surface area (Å²) in [6.45, 7) is 2.73. The molecule has 0 aromatic heterocycles. The van der Waals surface area contributed by atoms with Gasteiger partial charge in [-0.2, -0.15) is 0 Å². The molecule has 0 aliphatic heterocycles. The number of hydrogen-bond donors (Lipinski definition) is 3. The molecule has 4 N–H and O–H groups in total. The molecule has 0 spiro atoms. The number of carboxylic acids is 1. The summed E-state index contributed by atoms with van der Waals surface area (Å²) in [5.41, 5.74) is 5.33. The number of carbonyl (C=O) groups is 3. The van der Waals surface area contributed by atoms with Crippen LogP contribution in [0.4, 0.5) is 0 Å². The Balaban J connectivity index is 4.44. The van der Waals surface area contributed by atoms with Gasteiger partial charge < -0.3 is 25.2 Å². The van der Waals surface area contributed by atoms with Crippen molar-refractivity contribution in [2.45, 2.75) is 206 Å². The largest absolute Gasteiger partial charge is 0.480 e. The molecule has 11 nitrogen and oxygen atoms in total. The smallest absolute Gasteiger partial charge is 0.472 e. The molecule has 0 heterocycles. The van der Waals surface area contributed by atoms with Crippen LogP contribution < -0.4 is 5.73 Å². The molecule has 0 aliphatic carbocycles. The van der Waals surface area contributed by atoms with Crippen LogP contribution in [-0.2, 0) is 37.5 Å². The van der Waals surface area contributed by atoms with E-state index in [1.807, 2.05) is 12.2 Å². The molecule has 0 aromatic rings. The molecule has 346 valence electrons. The first kappa shape index (κ1) is 57.2. The number of carbonyl (C=O) groups excluding carboxylic acids is 2. The fraction of sp³-hybridized carbons (Fsp3) is 0.729. The topological polar surface area (TPSA) is 172 Å². The van der Waals surface area contributed by atoms with Gasteiger partial charge in [-0.05, 0) is 77.0 Å². The Morgan fingerprint density at radius 1 is 0.517 bits per heavy atom. The number of phosphoric acid groups is 1. The zero-order valence-corrected chi connectivity index (χ0v) is 38.4. The molecule has 0 saturated carbocycles. The van der Waals surface area contributed by atoms with E-state index in [-0.39, 0.29) is 19.4 Å². The molecule has 0 amide bonds. The molecule has 0 aromatic carbocycles. The summed E-state index contributed by atoms with van der Waals surface area (Å²) in [4.78, 5) is 46.0. The number of phosphoric ester groups is 1. The van der Waals surface area contributed by atoms with Crippen molar-refractivity contribution in [1.29, 1.82) is 0 Å². The number of aliphatic carboxylic acids is 1. The van der Waals surface area contributed by atoms with Crippen LogP contribution >= 0.6 is 7.82 Å². The van der Waals surface area contributed by atoms with Gasteiger partial charge in [0.2, 0.25) is 0 Å². The molecule has 0 fully saturated rings. The van der Waals surface area contributed by atoms with Crippen LogP contribution in [0.25, 0.3) is 0 Å². The summed E-state index contributed by atoms with van der Waals surface area (Å²) >= 11 is 0. The fourth-order valence-electron chi connectivity index (χ4n) is 6.05. The van der Waals surface area contributed by atoms with E-state index in [0.717, 1.165) is 57.8 Å². The summed E-state index contributed by atoms with van der Waals surface area (Å²) < 4.78 is 32.7. The molecule has 60 heavy (non-hydrogen) atoms. The number of carboxylic acid groups (broad SMARTS) is 1. The second kappa shape index (κ2) is 42.9. The van der Waals surface area contributed by atoms with Gasteiger partial charge in [0.15, 0.2) is 6.10 Å². The van der Waals surface area contributed by atoms with Crippen molar-refractivity contribution >= 4 is 25.7 Å². The van der Waals surface area contributed by atoms with Crippen LogP contribution in [-0.4, -0.2) is 59.9 Å². The van der Waals surface area contributed by atoms with E-state index in [0.29, 0.717) is 19.3 Å². The van der Waals surface area contributed by atoms with Gasteiger partial charge in [0.1, 0.15) is 12.6 Å². The summed E-state index contributed by atoms with van der Waals surface area (Å²) in [5.74, 6) is -2.46. The van der Waals surface area contributed by atoms with Crippen LogP contribution in [0, 0.1) is 0 Å². The molecular weight excluding hydrogens is 781 g/mol. The van der Waals surface area contributed by atoms with Gasteiger partial charge in [0, 0.05) is 12.8 Å². The average Bonchev–Trinajstić information content (AvgIpc) is 3.22. The molecular formula is C48H84NO10P. The molecule has 0 saturated heterocycles. The van der Waals surface area contributed by atoms with Crippen molar-refractivity contribution in [3.05, 3.63) is 60.8 Å². The van der Waals surface area contributed by atoms with Gasteiger partial charge in [-0.15, -0.1) is 0 Å². The maximum absolute atomic E-state index is 12.6. The first-order valence-electron chi connectivity index (χ1n) is 23.3.